The third-order valence-corrected chi connectivity index (χ3v) is 0. The van der Waals surface area contributed by atoms with Gasteiger partial charge in [-0.3, -0.25) is 0 Å². The fraction of sp³-hybridized carbons (Fsp3) is 0. The summed E-state index contributed by atoms with van der Waals surface area (Å²) in [5.41, 5.74) is 0. The van der Waals surface area contributed by atoms with E-state index in [4.69, 9.17) is 0 Å². The number of hydrogen-bond donors (Lipinski definition) is 0. The van der Waals surface area contributed by atoms with Crippen molar-refractivity contribution >= 4 is 0 Å². The van der Waals surface area contributed by atoms with Gasteiger partial charge in [0.25, 0.3) is 0 Å². The molecule has 0 aliphatic rings. The summed E-state index contributed by atoms with van der Waals surface area (Å²) in [6, 6.07) is 0. The molecule has 0 rings (SSSR count). The second-order valence-corrected chi connectivity index (χ2v) is 0. The van der Waals surface area contributed by atoms with Crippen LogP contribution >= 0.6 is 0 Å². The Labute approximate surface area is 82.9 Å². The molecule has 0 N–H and O–H groups in total. The molecule has 0 aromatic carbocycles. The second kappa shape index (κ2) is 17.1. The quantitative estimate of drug-likeness (QED) is 0.325. The van der Waals surface area contributed by atoms with Crippen molar-refractivity contribution in [1.82, 2.24) is 0 Å². The Balaban J connectivity index is 0. The Hall–Kier alpha value is 2.75. The van der Waals surface area contributed by atoms with Crippen molar-refractivity contribution in [3.05, 3.63) is 0 Å². The van der Waals surface area contributed by atoms with E-state index in [2.05, 4.69) is 0 Å². The van der Waals surface area contributed by atoms with Crippen LogP contribution in [-0.2, 0) is 84.3 Å². The van der Waals surface area contributed by atoms with Crippen molar-refractivity contribution in [3.63, 3.8) is 0 Å². The molecule has 0 saturated carbocycles. The van der Waals surface area contributed by atoms with Gasteiger partial charge in [-0.1, -0.05) is 0 Å². The van der Waals surface area contributed by atoms with E-state index in [9.17, 15) is 0 Å². The van der Waals surface area contributed by atoms with Gasteiger partial charge in [-0.15, -0.1) is 0 Å². The first kappa shape index (κ1) is 29.5. The van der Waals surface area contributed by atoms with Gasteiger partial charge in [-0.2, -0.15) is 0 Å². The van der Waals surface area contributed by atoms with Gasteiger partial charge in [0.2, 0.25) is 0 Å². The predicted molar refractivity (Wildman–Crippen MR) is 0 cm³/mol. The third-order valence-electron chi connectivity index (χ3n) is 0. The summed E-state index contributed by atoms with van der Waals surface area (Å²) in [4.78, 5) is 0. The maximum Gasteiger partial charge on any atom is 0 e. The maximum absolute atomic E-state index is 0. The zero-order chi connectivity index (χ0) is 0. The zero-order valence-electron chi connectivity index (χ0n) is 1.26. The summed E-state index contributed by atoms with van der Waals surface area (Å²) in [5, 5.41) is 0. The zero-order valence-corrected chi connectivity index (χ0v) is 10.4. The van der Waals surface area contributed by atoms with E-state index < -0.39 is 0 Å². The standard InChI is InChI=1S/4Pt. The fourth-order valence-corrected chi connectivity index (χ4v) is 0. The summed E-state index contributed by atoms with van der Waals surface area (Å²) in [6.07, 6.45) is 0. The van der Waals surface area contributed by atoms with E-state index in [0.29, 0.717) is 0 Å². The van der Waals surface area contributed by atoms with Crippen molar-refractivity contribution in [1.29, 1.82) is 0 Å². The summed E-state index contributed by atoms with van der Waals surface area (Å²) < 4.78 is 0. The van der Waals surface area contributed by atoms with Crippen LogP contribution < -0.4 is 0 Å². The first-order chi connectivity index (χ1) is 0. The van der Waals surface area contributed by atoms with Crippen LogP contribution in [0.2, 0.25) is 0 Å². The summed E-state index contributed by atoms with van der Waals surface area (Å²) >= 11 is 0. The van der Waals surface area contributed by atoms with E-state index >= 15 is 0 Å². The fourth-order valence-electron chi connectivity index (χ4n) is 0. The Morgan fingerprint density at radius 2 is 0.250 bits per heavy atom. The first-order valence-corrected chi connectivity index (χ1v) is 0. The molecule has 4 heavy (non-hydrogen) atoms. The molecule has 0 atom stereocenters. The van der Waals surface area contributed by atoms with Crippen molar-refractivity contribution in [2.45, 2.75) is 0 Å². The molecule has 0 saturated heterocycles. The van der Waals surface area contributed by atoms with Crippen LogP contribution in [0.1, 0.15) is 0 Å². The topological polar surface area (TPSA) is 0 Å². The minimum absolute atomic E-state index is 0. The van der Waals surface area contributed by atoms with Crippen LogP contribution in [0.3, 0.4) is 0 Å². The van der Waals surface area contributed by atoms with Crippen molar-refractivity contribution in [3.8, 4) is 0 Å². The third kappa shape index (κ3) is 8.83. The molecule has 0 amide bonds. The van der Waals surface area contributed by atoms with Crippen molar-refractivity contribution in [2.24, 2.45) is 0 Å². The second-order valence-electron chi connectivity index (χ2n) is 0. The average Bonchev–Trinajstić information content (AvgIpc) is 0. The van der Waals surface area contributed by atoms with E-state index in [0.717, 1.165) is 0 Å². The normalized spacial score (nSPS) is 0. The molecular formula is Pt4. The van der Waals surface area contributed by atoms with Gasteiger partial charge in [0.1, 0.15) is 0 Å². The molecule has 0 fully saturated rings. The van der Waals surface area contributed by atoms with Gasteiger partial charge in [0, 0.05) is 84.3 Å². The molecule has 0 aromatic rings. The van der Waals surface area contributed by atoms with Gasteiger partial charge in [-0.25, -0.2) is 0 Å². The van der Waals surface area contributed by atoms with Gasteiger partial charge < -0.3 is 0 Å². The number of rotatable bonds is 0. The molecule has 0 heterocycles. The van der Waals surface area contributed by atoms with Crippen LogP contribution in [0.4, 0.5) is 0 Å². The Morgan fingerprint density at radius 1 is 0.250 bits per heavy atom. The van der Waals surface area contributed by atoms with Crippen molar-refractivity contribution < 1.29 is 84.3 Å². The molecule has 40 valence electrons. The molecule has 0 aliphatic heterocycles. The molecule has 0 bridgehead atoms. The molecule has 0 aromatic heterocycles. The monoisotopic (exact) mass is 780 g/mol. The van der Waals surface area contributed by atoms with E-state index in [1.54, 1.807) is 0 Å². The molecule has 0 nitrogen and oxygen atoms in total. The largest absolute Gasteiger partial charge is 0 e. The van der Waals surface area contributed by atoms with Crippen LogP contribution in [0.5, 0.6) is 0 Å². The maximum atomic E-state index is 0. The minimum Gasteiger partial charge on any atom is 0 e. The Morgan fingerprint density at radius 3 is 0.250 bits per heavy atom. The smallest absolute Gasteiger partial charge is 0 e. The van der Waals surface area contributed by atoms with Crippen LogP contribution in [0.25, 0.3) is 0 Å². The van der Waals surface area contributed by atoms with Gasteiger partial charge >= 0.3 is 0 Å². The van der Waals surface area contributed by atoms with E-state index in [1.165, 1.54) is 0 Å². The minimum atomic E-state index is 0. The SMILES string of the molecule is [Pt].[Pt].[Pt].[Pt]. The van der Waals surface area contributed by atoms with Crippen LogP contribution in [-0.4, -0.2) is 0 Å². The molecule has 0 unspecified atom stereocenters. The van der Waals surface area contributed by atoms with Crippen LogP contribution in [0.15, 0.2) is 0 Å². The Kier molecular flexibility index (Phi) is 126. The van der Waals surface area contributed by atoms with E-state index in [1.807, 2.05) is 0 Å². The van der Waals surface area contributed by atoms with Gasteiger partial charge in [0.05, 0.1) is 0 Å². The van der Waals surface area contributed by atoms with Gasteiger partial charge in [-0.05, 0) is 0 Å². The molecule has 0 spiro atoms. The van der Waals surface area contributed by atoms with E-state index in [-0.39, 0.29) is 84.3 Å². The van der Waals surface area contributed by atoms with Crippen molar-refractivity contribution in [2.75, 3.05) is 0 Å². The predicted octanol–water partition coefficient (Wildman–Crippen LogP) is -0.0100. The Bertz CT molecular complexity index is 0. The molecule has 0 radical (unpaired) electrons. The summed E-state index contributed by atoms with van der Waals surface area (Å²) in [5.74, 6) is 0. The molecule has 4 heteroatoms. The summed E-state index contributed by atoms with van der Waals surface area (Å²) in [6.45, 7) is 0. The average molecular weight is 780 g/mol. The molecular weight excluding hydrogens is 780 g/mol. The van der Waals surface area contributed by atoms with Crippen LogP contribution in [0, 0.1) is 0 Å². The summed E-state index contributed by atoms with van der Waals surface area (Å²) in [7, 11) is 0. The first-order valence-electron chi connectivity index (χ1n) is 0. The van der Waals surface area contributed by atoms with Gasteiger partial charge in [0.15, 0.2) is 0 Å². The number of hydrogen-bond acceptors (Lipinski definition) is 0. The molecule has 0 aliphatic carbocycles.